The second kappa shape index (κ2) is 6.50. The van der Waals surface area contributed by atoms with Crippen molar-refractivity contribution in [1.82, 2.24) is 0 Å². The summed E-state index contributed by atoms with van der Waals surface area (Å²) in [6, 6.07) is 8.06. The van der Waals surface area contributed by atoms with Crippen LogP contribution in [-0.2, 0) is 9.59 Å². The van der Waals surface area contributed by atoms with Crippen molar-refractivity contribution in [1.29, 1.82) is 0 Å². The summed E-state index contributed by atoms with van der Waals surface area (Å²) >= 11 is 0. The highest BCUT2D eigenvalue weighted by Crippen LogP contribution is 2.32. The molecule has 102 valence electrons. The monoisotopic (exact) mass is 259 g/mol. The van der Waals surface area contributed by atoms with E-state index in [0.717, 1.165) is 5.69 Å². The number of hydrogen-bond donors (Lipinski definition) is 1. The van der Waals surface area contributed by atoms with Crippen LogP contribution in [0.4, 0.5) is 5.69 Å². The molecule has 0 radical (unpaired) electrons. The lowest BCUT2D eigenvalue weighted by Gasteiger charge is -2.22. The number of anilines is 1. The van der Waals surface area contributed by atoms with Crippen LogP contribution in [0.3, 0.4) is 0 Å². The third-order valence-corrected chi connectivity index (χ3v) is 3.68. The second-order valence-electron chi connectivity index (χ2n) is 5.38. The highest BCUT2D eigenvalue weighted by Gasteiger charge is 2.15. The average molecular weight is 259 g/mol. The van der Waals surface area contributed by atoms with E-state index in [9.17, 15) is 9.59 Å². The smallest absolute Gasteiger partial charge is 0.231 e. The van der Waals surface area contributed by atoms with Crippen LogP contribution in [0.1, 0.15) is 56.9 Å². The second-order valence-corrected chi connectivity index (χ2v) is 5.38. The molecule has 0 spiro atoms. The highest BCUT2D eigenvalue weighted by atomic mass is 16.2. The number of nitrogens with one attached hydrogen (secondary N) is 1. The van der Waals surface area contributed by atoms with Crippen LogP contribution in [0.15, 0.2) is 24.3 Å². The van der Waals surface area contributed by atoms with Gasteiger partial charge in [-0.3, -0.25) is 9.59 Å². The molecule has 1 amide bonds. The Labute approximate surface area is 114 Å². The first-order valence-corrected chi connectivity index (χ1v) is 7.04. The van der Waals surface area contributed by atoms with Crippen LogP contribution >= 0.6 is 0 Å². The van der Waals surface area contributed by atoms with E-state index < -0.39 is 0 Å². The maximum atomic E-state index is 11.5. The van der Waals surface area contributed by atoms with E-state index in [1.54, 1.807) is 0 Å². The highest BCUT2D eigenvalue weighted by molar-refractivity contribution is 6.03. The van der Waals surface area contributed by atoms with Crippen molar-refractivity contribution >= 4 is 17.4 Å². The summed E-state index contributed by atoms with van der Waals surface area (Å²) in [5.41, 5.74) is 2.13. The molecule has 1 aromatic rings. The number of hydrogen-bond acceptors (Lipinski definition) is 2. The summed E-state index contributed by atoms with van der Waals surface area (Å²) in [6.45, 7) is 1.42. The molecule has 1 N–H and O–H groups in total. The molecule has 0 unspecified atom stereocenters. The molecule has 1 aliphatic rings. The third kappa shape index (κ3) is 4.19. The normalized spacial score (nSPS) is 16.1. The minimum absolute atomic E-state index is 0.0512. The van der Waals surface area contributed by atoms with Crippen LogP contribution in [0.2, 0.25) is 0 Å². The van der Waals surface area contributed by atoms with Crippen LogP contribution in [-0.4, -0.2) is 11.7 Å². The van der Waals surface area contributed by atoms with E-state index in [0.29, 0.717) is 5.92 Å². The molecule has 1 saturated carbocycles. The van der Waals surface area contributed by atoms with Crippen molar-refractivity contribution in [3.63, 3.8) is 0 Å². The van der Waals surface area contributed by atoms with Gasteiger partial charge in [0.1, 0.15) is 5.78 Å². The van der Waals surface area contributed by atoms with Crippen molar-refractivity contribution < 1.29 is 9.59 Å². The van der Waals surface area contributed by atoms with E-state index in [4.69, 9.17) is 0 Å². The Kier molecular flexibility index (Phi) is 4.72. The topological polar surface area (TPSA) is 46.2 Å². The molecule has 0 heterocycles. The van der Waals surface area contributed by atoms with Crippen molar-refractivity contribution in [2.45, 2.75) is 51.4 Å². The van der Waals surface area contributed by atoms with Crippen molar-refractivity contribution in [3.05, 3.63) is 29.8 Å². The van der Waals surface area contributed by atoms with Crippen LogP contribution in [0.25, 0.3) is 0 Å². The lowest BCUT2D eigenvalue weighted by atomic mass is 9.84. The predicted octanol–water partition coefficient (Wildman–Crippen LogP) is 3.65. The van der Waals surface area contributed by atoms with Gasteiger partial charge in [0.25, 0.3) is 0 Å². The van der Waals surface area contributed by atoms with E-state index >= 15 is 0 Å². The van der Waals surface area contributed by atoms with E-state index in [1.165, 1.54) is 44.6 Å². The van der Waals surface area contributed by atoms with Crippen LogP contribution in [0.5, 0.6) is 0 Å². The van der Waals surface area contributed by atoms with Crippen molar-refractivity contribution in [2.24, 2.45) is 0 Å². The van der Waals surface area contributed by atoms with Gasteiger partial charge in [-0.2, -0.15) is 0 Å². The first-order valence-electron chi connectivity index (χ1n) is 7.04. The Morgan fingerprint density at radius 1 is 1.11 bits per heavy atom. The molecule has 19 heavy (non-hydrogen) atoms. The van der Waals surface area contributed by atoms with Crippen molar-refractivity contribution in [3.8, 4) is 0 Å². The molecule has 0 aliphatic heterocycles. The minimum Gasteiger partial charge on any atom is -0.326 e. The van der Waals surface area contributed by atoms with Gasteiger partial charge in [0, 0.05) is 5.69 Å². The summed E-state index contributed by atoms with van der Waals surface area (Å²) in [4.78, 5) is 22.3. The Morgan fingerprint density at radius 2 is 1.74 bits per heavy atom. The van der Waals surface area contributed by atoms with Crippen molar-refractivity contribution in [2.75, 3.05) is 5.32 Å². The first-order chi connectivity index (χ1) is 9.15. The number of ketones is 1. The summed E-state index contributed by atoms with van der Waals surface area (Å²) in [7, 11) is 0. The molecule has 3 heteroatoms. The molecule has 0 atom stereocenters. The maximum absolute atomic E-state index is 11.5. The lowest BCUT2D eigenvalue weighted by molar-refractivity contribution is -0.124. The fourth-order valence-corrected chi connectivity index (χ4v) is 2.71. The Balaban J connectivity index is 1.94. The van der Waals surface area contributed by atoms with Crippen LogP contribution < -0.4 is 5.32 Å². The molecule has 2 rings (SSSR count). The summed E-state index contributed by atoms with van der Waals surface area (Å²) in [5, 5.41) is 2.74. The third-order valence-electron chi connectivity index (χ3n) is 3.68. The molecule has 1 aliphatic carbocycles. The van der Waals surface area contributed by atoms with Gasteiger partial charge in [0.05, 0.1) is 6.42 Å². The van der Waals surface area contributed by atoms with Crippen LogP contribution in [0, 0.1) is 0 Å². The van der Waals surface area contributed by atoms with E-state index in [2.05, 4.69) is 17.4 Å². The Hall–Kier alpha value is -1.64. The zero-order valence-electron chi connectivity index (χ0n) is 11.4. The molecule has 0 bridgehead atoms. The molecule has 1 fully saturated rings. The van der Waals surface area contributed by atoms with Gasteiger partial charge in [-0.25, -0.2) is 0 Å². The predicted molar refractivity (Wildman–Crippen MR) is 76.2 cm³/mol. The number of rotatable bonds is 4. The molecule has 1 aromatic carbocycles. The Morgan fingerprint density at radius 3 is 2.32 bits per heavy atom. The van der Waals surface area contributed by atoms with Gasteiger partial charge in [0.2, 0.25) is 5.91 Å². The zero-order chi connectivity index (χ0) is 13.7. The largest absolute Gasteiger partial charge is 0.326 e. The maximum Gasteiger partial charge on any atom is 0.231 e. The van der Waals surface area contributed by atoms with E-state index in [1.807, 2.05) is 12.1 Å². The summed E-state index contributed by atoms with van der Waals surface area (Å²) in [5.74, 6) is 0.324. The van der Waals surface area contributed by atoms with E-state index in [-0.39, 0.29) is 18.1 Å². The first kappa shape index (κ1) is 13.8. The van der Waals surface area contributed by atoms with Gasteiger partial charge < -0.3 is 5.32 Å². The minimum atomic E-state index is -0.238. The molecular weight excluding hydrogens is 238 g/mol. The van der Waals surface area contributed by atoms with Gasteiger partial charge in [-0.15, -0.1) is 0 Å². The summed E-state index contributed by atoms with van der Waals surface area (Å²) < 4.78 is 0. The SMILES string of the molecule is CC(=O)CC(=O)Nc1ccc(C2CCCCC2)cc1. The number of benzene rings is 1. The van der Waals surface area contributed by atoms with Gasteiger partial charge in [-0.1, -0.05) is 31.4 Å². The van der Waals surface area contributed by atoms with Gasteiger partial charge in [-0.05, 0) is 43.4 Å². The summed E-state index contributed by atoms with van der Waals surface area (Å²) in [6.07, 6.45) is 6.50. The lowest BCUT2D eigenvalue weighted by Crippen LogP contribution is -2.14. The quantitative estimate of drug-likeness (QED) is 0.839. The van der Waals surface area contributed by atoms with Gasteiger partial charge in [0.15, 0.2) is 0 Å². The number of carbonyl (C=O) groups is 2. The molecular formula is C16H21NO2. The molecule has 3 nitrogen and oxygen atoms in total. The molecule has 0 aromatic heterocycles. The fraction of sp³-hybridized carbons (Fsp3) is 0.500. The molecule has 0 saturated heterocycles. The average Bonchev–Trinajstić information content (AvgIpc) is 2.39. The number of amides is 1. The number of carbonyl (C=O) groups excluding carboxylic acids is 2. The Bertz CT molecular complexity index is 444. The fourth-order valence-electron chi connectivity index (χ4n) is 2.71. The van der Waals surface area contributed by atoms with Gasteiger partial charge >= 0.3 is 0 Å². The zero-order valence-corrected chi connectivity index (χ0v) is 11.4. The standard InChI is InChI=1S/C16H21NO2/c1-12(18)11-16(19)17-15-9-7-14(8-10-15)13-5-3-2-4-6-13/h7-10,13H,2-6,11H2,1H3,(H,17,19). The number of Topliss-reactive ketones (excluding diaryl/α,β-unsaturated/α-hetero) is 1.